The van der Waals surface area contributed by atoms with Crippen molar-refractivity contribution in [1.82, 2.24) is 10.2 Å². The lowest BCUT2D eigenvalue weighted by Crippen LogP contribution is -2.11. The molecule has 1 heterocycles. The number of benzene rings is 2. The van der Waals surface area contributed by atoms with Crippen LogP contribution in [0.3, 0.4) is 0 Å². The molecule has 0 fully saturated rings. The van der Waals surface area contributed by atoms with Crippen molar-refractivity contribution in [3.05, 3.63) is 63.1 Å². The number of aromatic nitrogens is 2. The number of hydrogen-bond donors (Lipinski definition) is 1. The lowest BCUT2D eigenvalue weighted by Gasteiger charge is -2.02. The monoisotopic (exact) mass is 383 g/mol. The molecule has 23 heavy (non-hydrogen) atoms. The van der Waals surface area contributed by atoms with Gasteiger partial charge in [-0.3, -0.25) is 10.1 Å². The summed E-state index contributed by atoms with van der Waals surface area (Å²) in [4.78, 5) is 12.2. The van der Waals surface area contributed by atoms with Crippen LogP contribution in [0.4, 0.5) is 5.13 Å². The van der Waals surface area contributed by atoms with Gasteiger partial charge in [0.05, 0.1) is 15.1 Å². The zero-order valence-corrected chi connectivity index (χ0v) is 14.5. The van der Waals surface area contributed by atoms with E-state index >= 15 is 0 Å². The van der Waals surface area contributed by atoms with Gasteiger partial charge in [0.25, 0.3) is 5.91 Å². The molecule has 0 saturated carbocycles. The molecule has 0 bridgehead atoms. The molecule has 0 aliphatic heterocycles. The summed E-state index contributed by atoms with van der Waals surface area (Å²) in [5.74, 6) is -0.342. The van der Waals surface area contributed by atoms with Crippen LogP contribution in [0.15, 0.2) is 42.5 Å². The summed E-state index contributed by atoms with van der Waals surface area (Å²) in [7, 11) is 0. The molecular weight excluding hydrogens is 377 g/mol. The Kier molecular flexibility index (Phi) is 4.82. The molecule has 0 saturated heterocycles. The molecule has 0 unspecified atom stereocenters. The fourth-order valence-corrected chi connectivity index (χ4v) is 3.18. The largest absolute Gasteiger partial charge is 0.296 e. The molecule has 1 aromatic heterocycles. The summed E-state index contributed by atoms with van der Waals surface area (Å²) in [5, 5.41) is 13.0. The van der Waals surface area contributed by atoms with E-state index in [9.17, 15) is 4.79 Å². The van der Waals surface area contributed by atoms with Gasteiger partial charge in [0, 0.05) is 11.1 Å². The molecule has 0 aliphatic carbocycles. The highest BCUT2D eigenvalue weighted by Crippen LogP contribution is 2.32. The molecule has 4 nitrogen and oxygen atoms in total. The Hall–Kier alpha value is -1.66. The van der Waals surface area contributed by atoms with Crippen molar-refractivity contribution in [2.75, 3.05) is 5.32 Å². The van der Waals surface area contributed by atoms with Crippen molar-refractivity contribution < 1.29 is 4.79 Å². The van der Waals surface area contributed by atoms with Crippen LogP contribution in [0.25, 0.3) is 10.6 Å². The highest BCUT2D eigenvalue weighted by atomic mass is 35.5. The van der Waals surface area contributed by atoms with Crippen molar-refractivity contribution in [3.8, 4) is 10.6 Å². The van der Waals surface area contributed by atoms with Crippen LogP contribution in [0.2, 0.25) is 15.1 Å². The first-order valence-electron chi connectivity index (χ1n) is 6.39. The maximum Gasteiger partial charge on any atom is 0.257 e. The van der Waals surface area contributed by atoms with Gasteiger partial charge in [-0.25, -0.2) is 0 Å². The molecule has 1 N–H and O–H groups in total. The average Bonchev–Trinajstić information content (AvgIpc) is 2.98. The standard InChI is InChI=1S/C15H8Cl3N3OS/c16-10-4-2-1-3-9(10)14-20-21-15(23-14)19-13(22)8-5-6-11(17)12(18)7-8/h1-7H,(H,19,21,22). The third-order valence-corrected chi connectivity index (χ3v) is 4.87. The summed E-state index contributed by atoms with van der Waals surface area (Å²) in [6.45, 7) is 0. The number of rotatable bonds is 3. The van der Waals surface area contributed by atoms with E-state index in [2.05, 4.69) is 15.5 Å². The quantitative estimate of drug-likeness (QED) is 0.656. The van der Waals surface area contributed by atoms with Crippen LogP contribution in [-0.2, 0) is 0 Å². The maximum absolute atomic E-state index is 12.2. The van der Waals surface area contributed by atoms with Gasteiger partial charge in [-0.05, 0) is 24.3 Å². The lowest BCUT2D eigenvalue weighted by atomic mass is 10.2. The normalized spacial score (nSPS) is 10.6. The zero-order valence-electron chi connectivity index (χ0n) is 11.4. The highest BCUT2D eigenvalue weighted by Gasteiger charge is 2.13. The van der Waals surface area contributed by atoms with Gasteiger partial charge >= 0.3 is 0 Å². The Morgan fingerprint density at radius 2 is 1.74 bits per heavy atom. The number of halogens is 3. The number of anilines is 1. The van der Waals surface area contributed by atoms with E-state index in [-0.39, 0.29) is 5.91 Å². The smallest absolute Gasteiger partial charge is 0.257 e. The molecule has 3 aromatic rings. The minimum atomic E-state index is -0.342. The first-order chi connectivity index (χ1) is 11.0. The fraction of sp³-hybridized carbons (Fsp3) is 0. The number of carbonyl (C=O) groups excluding carboxylic acids is 1. The third-order valence-electron chi connectivity index (χ3n) is 2.93. The second-order valence-corrected chi connectivity index (χ2v) is 6.67. The molecule has 0 atom stereocenters. The predicted molar refractivity (Wildman–Crippen MR) is 94.8 cm³/mol. The minimum absolute atomic E-state index is 0.313. The van der Waals surface area contributed by atoms with E-state index in [0.717, 1.165) is 5.56 Å². The Balaban J connectivity index is 1.80. The van der Waals surface area contributed by atoms with Crippen molar-refractivity contribution >= 4 is 57.2 Å². The van der Waals surface area contributed by atoms with E-state index in [1.54, 1.807) is 18.2 Å². The van der Waals surface area contributed by atoms with E-state index in [1.807, 2.05) is 18.2 Å². The van der Waals surface area contributed by atoms with Crippen LogP contribution >= 0.6 is 46.1 Å². The van der Waals surface area contributed by atoms with Crippen LogP contribution in [0, 0.1) is 0 Å². The molecule has 3 rings (SSSR count). The van der Waals surface area contributed by atoms with Gasteiger partial charge in [0.15, 0.2) is 5.01 Å². The Labute approximate surface area is 151 Å². The molecule has 2 aromatic carbocycles. The first kappa shape index (κ1) is 16.2. The molecule has 1 amide bonds. The SMILES string of the molecule is O=C(Nc1nnc(-c2ccccc2Cl)s1)c1ccc(Cl)c(Cl)c1. The van der Waals surface area contributed by atoms with Gasteiger partial charge in [0.1, 0.15) is 0 Å². The zero-order chi connectivity index (χ0) is 16.4. The molecule has 0 radical (unpaired) electrons. The van der Waals surface area contributed by atoms with E-state index < -0.39 is 0 Å². The number of nitrogens with zero attached hydrogens (tertiary/aromatic N) is 2. The van der Waals surface area contributed by atoms with E-state index in [4.69, 9.17) is 34.8 Å². The molecule has 8 heteroatoms. The van der Waals surface area contributed by atoms with Crippen LogP contribution in [0.5, 0.6) is 0 Å². The highest BCUT2D eigenvalue weighted by molar-refractivity contribution is 7.18. The van der Waals surface area contributed by atoms with E-state index in [1.165, 1.54) is 17.4 Å². The maximum atomic E-state index is 12.2. The van der Waals surface area contributed by atoms with Gasteiger partial charge < -0.3 is 0 Å². The number of amides is 1. The first-order valence-corrected chi connectivity index (χ1v) is 8.34. The van der Waals surface area contributed by atoms with Crippen molar-refractivity contribution in [3.63, 3.8) is 0 Å². The van der Waals surface area contributed by atoms with Gasteiger partial charge in [0.2, 0.25) is 5.13 Å². The topological polar surface area (TPSA) is 54.9 Å². The number of hydrogen-bond acceptors (Lipinski definition) is 4. The van der Waals surface area contributed by atoms with Crippen molar-refractivity contribution in [1.29, 1.82) is 0 Å². The second-order valence-electron chi connectivity index (χ2n) is 4.48. The van der Waals surface area contributed by atoms with E-state index in [0.29, 0.717) is 30.8 Å². The van der Waals surface area contributed by atoms with Crippen molar-refractivity contribution in [2.24, 2.45) is 0 Å². The fourth-order valence-electron chi connectivity index (χ4n) is 1.82. The minimum Gasteiger partial charge on any atom is -0.296 e. The summed E-state index contributed by atoms with van der Waals surface area (Å²) in [6, 6.07) is 11.9. The Morgan fingerprint density at radius 1 is 0.957 bits per heavy atom. The van der Waals surface area contributed by atoms with Gasteiger partial charge in [-0.2, -0.15) is 0 Å². The second kappa shape index (κ2) is 6.84. The average molecular weight is 385 g/mol. The Morgan fingerprint density at radius 3 is 2.48 bits per heavy atom. The summed E-state index contributed by atoms with van der Waals surface area (Å²) >= 11 is 19.1. The summed E-state index contributed by atoms with van der Waals surface area (Å²) in [6.07, 6.45) is 0. The predicted octanol–water partition coefficient (Wildman–Crippen LogP) is 5.42. The summed E-state index contributed by atoms with van der Waals surface area (Å²) < 4.78 is 0. The third kappa shape index (κ3) is 3.64. The molecule has 0 aliphatic rings. The number of nitrogens with one attached hydrogen (secondary N) is 1. The lowest BCUT2D eigenvalue weighted by molar-refractivity contribution is 0.102. The van der Waals surface area contributed by atoms with Crippen molar-refractivity contribution in [2.45, 2.75) is 0 Å². The Bertz CT molecular complexity index is 882. The molecule has 0 spiro atoms. The van der Waals surface area contributed by atoms with Crippen LogP contribution in [0.1, 0.15) is 10.4 Å². The number of carbonyl (C=O) groups is 1. The summed E-state index contributed by atoms with van der Waals surface area (Å²) in [5.41, 5.74) is 1.15. The van der Waals surface area contributed by atoms with Gasteiger partial charge in [-0.1, -0.05) is 64.3 Å². The van der Waals surface area contributed by atoms with Gasteiger partial charge in [-0.15, -0.1) is 10.2 Å². The molecular formula is C15H8Cl3N3OS. The molecule has 116 valence electrons. The van der Waals surface area contributed by atoms with Crippen LogP contribution in [-0.4, -0.2) is 16.1 Å². The van der Waals surface area contributed by atoms with Crippen LogP contribution < -0.4 is 5.32 Å².